The third-order valence-electron chi connectivity index (χ3n) is 1.43. The predicted octanol–water partition coefficient (Wildman–Crippen LogP) is 2.62. The van der Waals surface area contributed by atoms with E-state index in [1.54, 1.807) is 12.1 Å². The molecule has 0 saturated heterocycles. The average molecular weight is 417 g/mol. The zero-order valence-corrected chi connectivity index (χ0v) is 14.6. The van der Waals surface area contributed by atoms with E-state index in [0.29, 0.717) is 0 Å². The molecule has 0 aliphatic heterocycles. The summed E-state index contributed by atoms with van der Waals surface area (Å²) < 4.78 is 0. The Labute approximate surface area is 122 Å². The van der Waals surface area contributed by atoms with Crippen LogP contribution in [0.4, 0.5) is 0 Å². The van der Waals surface area contributed by atoms with Gasteiger partial charge in [0.25, 0.3) is 0 Å². The molecule has 0 fully saturated rings. The molecular formula is C11H14AcOSi. The Kier molecular flexibility index (Phi) is 6.06. The predicted molar refractivity (Wildman–Crippen MR) is 58.3 cm³/mol. The summed E-state index contributed by atoms with van der Waals surface area (Å²) in [5, 5.41) is 9.19. The minimum Gasteiger partial charge on any atom is -0.508 e. The summed E-state index contributed by atoms with van der Waals surface area (Å²) in [5.41, 5.74) is 4.13. The zero-order valence-electron chi connectivity index (χ0n) is 8.83. The van der Waals surface area contributed by atoms with Gasteiger partial charge in [-0.05, 0) is 18.2 Å². The fraction of sp³-hybridized carbons (Fsp3) is 0.273. The molecule has 3 heteroatoms. The minimum absolute atomic E-state index is 0. The maximum Gasteiger partial charge on any atom is 0.129 e. The summed E-state index contributed by atoms with van der Waals surface area (Å²) in [5.74, 6) is 3.36. The first-order chi connectivity index (χ1) is 5.97. The Hall–Kier alpha value is 0.238. The summed E-state index contributed by atoms with van der Waals surface area (Å²) in [6, 6.07) is 7.06. The molecule has 1 aromatic rings. The van der Waals surface area contributed by atoms with Gasteiger partial charge in [-0.15, -0.1) is 5.54 Å². The molecule has 1 radical (unpaired) electrons. The van der Waals surface area contributed by atoms with Crippen LogP contribution in [0, 0.1) is 55.5 Å². The van der Waals surface area contributed by atoms with E-state index in [0.717, 1.165) is 5.56 Å². The van der Waals surface area contributed by atoms with Gasteiger partial charge in [0.2, 0.25) is 0 Å². The third-order valence-corrected chi connectivity index (χ3v) is 2.30. The van der Waals surface area contributed by atoms with Gasteiger partial charge < -0.3 is 5.11 Å². The molecule has 0 heterocycles. The molecule has 0 unspecified atom stereocenters. The first-order valence-electron chi connectivity index (χ1n) is 4.29. The van der Waals surface area contributed by atoms with E-state index in [4.69, 9.17) is 0 Å². The van der Waals surface area contributed by atoms with Crippen molar-refractivity contribution >= 4 is 8.07 Å². The second-order valence-electron chi connectivity index (χ2n) is 4.05. The summed E-state index contributed by atoms with van der Waals surface area (Å²) >= 11 is 0. The topological polar surface area (TPSA) is 20.2 Å². The van der Waals surface area contributed by atoms with E-state index < -0.39 is 8.07 Å². The van der Waals surface area contributed by atoms with Crippen molar-refractivity contribution in [1.82, 2.24) is 0 Å². The number of benzene rings is 1. The van der Waals surface area contributed by atoms with Crippen LogP contribution in [-0.2, 0) is 0 Å². The number of hydrogen-bond donors (Lipinski definition) is 1. The normalized spacial score (nSPS) is 9.64. The molecule has 1 rings (SSSR count). The second kappa shape index (κ2) is 5.96. The average Bonchev–Trinajstić information content (AvgIpc) is 2.00. The van der Waals surface area contributed by atoms with E-state index in [1.807, 2.05) is 12.1 Å². The molecule has 0 aliphatic rings. The van der Waals surface area contributed by atoms with Crippen molar-refractivity contribution in [2.24, 2.45) is 0 Å². The van der Waals surface area contributed by atoms with Crippen molar-refractivity contribution < 1.29 is 49.2 Å². The maximum atomic E-state index is 9.19. The van der Waals surface area contributed by atoms with Crippen LogP contribution in [0.25, 0.3) is 0 Å². The summed E-state index contributed by atoms with van der Waals surface area (Å²) in [6.45, 7) is 6.59. The molecule has 0 spiro atoms. The van der Waals surface area contributed by atoms with Crippen LogP contribution in [0.3, 0.4) is 0 Å². The van der Waals surface area contributed by atoms with Gasteiger partial charge in [-0.2, -0.15) is 0 Å². The Morgan fingerprint density at radius 3 is 2.36 bits per heavy atom. The van der Waals surface area contributed by atoms with Crippen LogP contribution in [0.5, 0.6) is 5.75 Å². The zero-order chi connectivity index (χ0) is 9.90. The summed E-state index contributed by atoms with van der Waals surface area (Å²) in [7, 11) is -1.30. The molecule has 1 nitrogen and oxygen atoms in total. The molecule has 1 aromatic carbocycles. The van der Waals surface area contributed by atoms with Gasteiger partial charge in [0.1, 0.15) is 13.8 Å². The van der Waals surface area contributed by atoms with Gasteiger partial charge in [-0.1, -0.05) is 31.6 Å². The molecule has 1 N–H and O–H groups in total. The minimum atomic E-state index is -1.30. The van der Waals surface area contributed by atoms with Crippen molar-refractivity contribution in [3.63, 3.8) is 0 Å². The van der Waals surface area contributed by atoms with E-state index in [2.05, 4.69) is 31.1 Å². The Morgan fingerprint density at radius 1 is 1.21 bits per heavy atom. The van der Waals surface area contributed by atoms with Gasteiger partial charge in [-0.3, -0.25) is 0 Å². The molecular weight excluding hydrogens is 403 g/mol. The van der Waals surface area contributed by atoms with E-state index in [9.17, 15) is 5.11 Å². The molecule has 0 bridgehead atoms. The Bertz CT molecular complexity index is 358. The van der Waals surface area contributed by atoms with Crippen molar-refractivity contribution in [2.75, 3.05) is 0 Å². The van der Waals surface area contributed by atoms with Crippen LogP contribution < -0.4 is 0 Å². The van der Waals surface area contributed by atoms with Gasteiger partial charge in [0.15, 0.2) is 0 Å². The second-order valence-corrected chi connectivity index (χ2v) is 8.80. The first kappa shape index (κ1) is 14.2. The van der Waals surface area contributed by atoms with Crippen LogP contribution >= 0.6 is 0 Å². The van der Waals surface area contributed by atoms with Crippen molar-refractivity contribution in [2.45, 2.75) is 19.6 Å². The van der Waals surface area contributed by atoms with Gasteiger partial charge >= 0.3 is 0 Å². The smallest absolute Gasteiger partial charge is 0.129 e. The molecule has 14 heavy (non-hydrogen) atoms. The standard InChI is InChI=1S/C11H14OSi.Ac/c1-13(2,3)8-7-10-5-4-6-11(12)9-10;/h4-6,9,12H,1-3H3;. The van der Waals surface area contributed by atoms with Crippen LogP contribution in [0.2, 0.25) is 19.6 Å². The maximum absolute atomic E-state index is 9.19. The Morgan fingerprint density at radius 2 is 1.86 bits per heavy atom. The van der Waals surface area contributed by atoms with Gasteiger partial charge in [-0.25, -0.2) is 0 Å². The van der Waals surface area contributed by atoms with Crippen LogP contribution in [0.1, 0.15) is 5.56 Å². The quantitative estimate of drug-likeness (QED) is 0.509. The monoisotopic (exact) mass is 417 g/mol. The van der Waals surface area contributed by atoms with E-state index >= 15 is 0 Å². The summed E-state index contributed by atoms with van der Waals surface area (Å²) in [4.78, 5) is 0. The number of hydrogen-bond acceptors (Lipinski definition) is 1. The van der Waals surface area contributed by atoms with Crippen molar-refractivity contribution in [3.8, 4) is 17.2 Å². The van der Waals surface area contributed by atoms with E-state index in [-0.39, 0.29) is 49.8 Å². The largest absolute Gasteiger partial charge is 0.508 e. The molecule has 0 amide bonds. The summed E-state index contributed by atoms with van der Waals surface area (Å²) in [6.07, 6.45) is 0. The van der Waals surface area contributed by atoms with Crippen molar-refractivity contribution in [3.05, 3.63) is 29.8 Å². The molecule has 0 atom stereocenters. The van der Waals surface area contributed by atoms with Crippen LogP contribution in [0.15, 0.2) is 24.3 Å². The molecule has 0 aliphatic carbocycles. The number of phenols is 1. The molecule has 0 saturated carbocycles. The first-order valence-corrected chi connectivity index (χ1v) is 7.79. The van der Waals surface area contributed by atoms with Gasteiger partial charge in [0.05, 0.1) is 0 Å². The van der Waals surface area contributed by atoms with Crippen LogP contribution in [-0.4, -0.2) is 13.2 Å². The molecule has 71 valence electrons. The van der Waals surface area contributed by atoms with Gasteiger partial charge in [0, 0.05) is 49.6 Å². The van der Waals surface area contributed by atoms with E-state index in [1.165, 1.54) is 0 Å². The number of rotatable bonds is 0. The number of aromatic hydroxyl groups is 1. The van der Waals surface area contributed by atoms with Crippen molar-refractivity contribution in [1.29, 1.82) is 0 Å². The number of phenolic OH excluding ortho intramolecular Hbond substituents is 1. The SMILES string of the molecule is C[Si](C)(C)C#Cc1cccc(O)c1.[Ac]. The Balaban J connectivity index is 0.00000169. The molecule has 0 aromatic heterocycles. The fourth-order valence-corrected chi connectivity index (χ4v) is 1.36. The fourth-order valence-electron chi connectivity index (χ4n) is 0.843. The third kappa shape index (κ3) is 5.86.